The maximum atomic E-state index is 13.5. The molecule has 1 aromatic carbocycles. The van der Waals surface area contributed by atoms with Crippen molar-refractivity contribution in [2.24, 2.45) is 0 Å². The molecule has 0 aliphatic carbocycles. The molecule has 0 radical (unpaired) electrons. The maximum absolute atomic E-state index is 13.5. The monoisotopic (exact) mass is 274 g/mol. The number of anilines is 1. The molecule has 2 rings (SSSR count). The Kier molecular flexibility index (Phi) is 3.74. The Morgan fingerprint density at radius 3 is 2.45 bits per heavy atom. The van der Waals surface area contributed by atoms with E-state index in [2.05, 4.69) is 4.98 Å². The number of rotatable bonds is 3. The number of hydrogen-bond acceptors (Lipinski definition) is 3. The lowest BCUT2D eigenvalue weighted by atomic mass is 10.1. The number of aromatic carboxylic acids is 1. The highest BCUT2D eigenvalue weighted by atomic mass is 19.1. The lowest BCUT2D eigenvalue weighted by Gasteiger charge is -2.19. The van der Waals surface area contributed by atoms with E-state index in [-0.39, 0.29) is 16.8 Å². The van der Waals surface area contributed by atoms with Crippen LogP contribution in [0.2, 0.25) is 0 Å². The highest BCUT2D eigenvalue weighted by Crippen LogP contribution is 2.21. The molecular weight excluding hydrogens is 263 g/mol. The minimum atomic E-state index is -1.16. The predicted molar refractivity (Wildman–Crippen MR) is 70.3 cm³/mol. The van der Waals surface area contributed by atoms with Gasteiger partial charge in [0.25, 0.3) is 5.91 Å². The van der Waals surface area contributed by atoms with E-state index in [0.29, 0.717) is 0 Å². The Bertz CT molecular complexity index is 673. The molecule has 1 heterocycles. The number of nitrogens with zero attached hydrogens (tertiary/aromatic N) is 2. The summed E-state index contributed by atoms with van der Waals surface area (Å²) >= 11 is 0. The Morgan fingerprint density at radius 1 is 1.15 bits per heavy atom. The Balaban J connectivity index is 2.42. The first-order valence-electron chi connectivity index (χ1n) is 5.73. The van der Waals surface area contributed by atoms with Gasteiger partial charge in [0.1, 0.15) is 0 Å². The zero-order valence-corrected chi connectivity index (χ0v) is 10.6. The fraction of sp³-hybridized carbons (Fsp3) is 0.0714. The van der Waals surface area contributed by atoms with Crippen molar-refractivity contribution in [3.63, 3.8) is 0 Å². The number of amides is 1. The summed E-state index contributed by atoms with van der Waals surface area (Å²) in [6, 6.07) is 8.75. The number of para-hydroxylation sites is 1. The third kappa shape index (κ3) is 2.49. The van der Waals surface area contributed by atoms with Crippen molar-refractivity contribution in [1.29, 1.82) is 0 Å². The molecule has 0 fully saturated rings. The number of carbonyl (C=O) groups is 2. The third-order valence-electron chi connectivity index (χ3n) is 2.79. The summed E-state index contributed by atoms with van der Waals surface area (Å²) in [7, 11) is 1.39. The van der Waals surface area contributed by atoms with Crippen molar-refractivity contribution in [3.05, 3.63) is 59.7 Å². The topological polar surface area (TPSA) is 70.5 Å². The number of benzene rings is 1. The highest BCUT2D eigenvalue weighted by molar-refractivity contribution is 6.08. The molecule has 5 nitrogen and oxygen atoms in total. The summed E-state index contributed by atoms with van der Waals surface area (Å²) in [5.41, 5.74) is -0.0592. The van der Waals surface area contributed by atoms with Gasteiger partial charge in [-0.2, -0.15) is 4.39 Å². The van der Waals surface area contributed by atoms with Gasteiger partial charge in [-0.05, 0) is 24.3 Å². The molecule has 6 heteroatoms. The van der Waals surface area contributed by atoms with Crippen LogP contribution in [-0.2, 0) is 0 Å². The van der Waals surface area contributed by atoms with E-state index in [0.717, 1.165) is 4.90 Å². The SMILES string of the molecule is CN(C(=O)c1cccnc1F)c1ccccc1C(=O)O. The highest BCUT2D eigenvalue weighted by Gasteiger charge is 2.21. The van der Waals surface area contributed by atoms with Crippen molar-refractivity contribution in [3.8, 4) is 0 Å². The molecule has 0 aliphatic heterocycles. The van der Waals surface area contributed by atoms with Crippen LogP contribution in [0.25, 0.3) is 0 Å². The molecule has 1 amide bonds. The number of carbonyl (C=O) groups excluding carboxylic acids is 1. The number of pyridine rings is 1. The predicted octanol–water partition coefficient (Wildman–Crippen LogP) is 2.20. The van der Waals surface area contributed by atoms with Crippen LogP contribution in [0.4, 0.5) is 10.1 Å². The minimum absolute atomic E-state index is 0.0346. The lowest BCUT2D eigenvalue weighted by molar-refractivity contribution is 0.0697. The average Bonchev–Trinajstić information content (AvgIpc) is 2.46. The summed E-state index contributed by atoms with van der Waals surface area (Å²) in [4.78, 5) is 27.8. The van der Waals surface area contributed by atoms with Gasteiger partial charge < -0.3 is 10.0 Å². The second-order valence-corrected chi connectivity index (χ2v) is 4.03. The molecule has 0 aliphatic rings. The van der Waals surface area contributed by atoms with Crippen molar-refractivity contribution in [1.82, 2.24) is 4.98 Å². The van der Waals surface area contributed by atoms with Crippen molar-refractivity contribution in [2.45, 2.75) is 0 Å². The number of carboxylic acid groups (broad SMARTS) is 1. The van der Waals surface area contributed by atoms with Crippen LogP contribution >= 0.6 is 0 Å². The summed E-state index contributed by atoms with van der Waals surface area (Å²) in [6.45, 7) is 0. The maximum Gasteiger partial charge on any atom is 0.337 e. The van der Waals surface area contributed by atoms with E-state index in [1.165, 1.54) is 37.5 Å². The molecule has 0 bridgehead atoms. The van der Waals surface area contributed by atoms with Crippen molar-refractivity contribution in [2.75, 3.05) is 11.9 Å². The zero-order valence-electron chi connectivity index (χ0n) is 10.6. The summed E-state index contributed by atoms with van der Waals surface area (Å²) < 4.78 is 13.5. The van der Waals surface area contributed by atoms with Gasteiger partial charge in [0, 0.05) is 13.2 Å². The molecule has 102 valence electrons. The molecule has 2 aromatic rings. The molecule has 0 saturated carbocycles. The van der Waals surface area contributed by atoms with E-state index in [9.17, 15) is 14.0 Å². The van der Waals surface area contributed by atoms with E-state index < -0.39 is 17.8 Å². The van der Waals surface area contributed by atoms with Crippen LogP contribution in [0.15, 0.2) is 42.6 Å². The minimum Gasteiger partial charge on any atom is -0.478 e. The Hall–Kier alpha value is -2.76. The zero-order chi connectivity index (χ0) is 14.7. The molecule has 0 atom stereocenters. The van der Waals surface area contributed by atoms with Crippen molar-refractivity contribution < 1.29 is 19.1 Å². The van der Waals surface area contributed by atoms with Gasteiger partial charge in [-0.25, -0.2) is 9.78 Å². The van der Waals surface area contributed by atoms with E-state index in [1.54, 1.807) is 12.1 Å². The van der Waals surface area contributed by atoms with Crippen molar-refractivity contribution >= 4 is 17.6 Å². The fourth-order valence-corrected chi connectivity index (χ4v) is 1.78. The number of halogens is 1. The summed E-state index contributed by atoms with van der Waals surface area (Å²) in [6.07, 6.45) is 1.23. The van der Waals surface area contributed by atoms with Gasteiger partial charge in [0.2, 0.25) is 5.95 Å². The Labute approximate surface area is 114 Å². The van der Waals surface area contributed by atoms with Crippen LogP contribution in [0, 0.1) is 5.95 Å². The normalized spacial score (nSPS) is 10.1. The lowest BCUT2D eigenvalue weighted by Crippen LogP contribution is -2.28. The van der Waals surface area contributed by atoms with Crippen LogP contribution in [0.1, 0.15) is 20.7 Å². The fourth-order valence-electron chi connectivity index (χ4n) is 1.78. The Morgan fingerprint density at radius 2 is 1.80 bits per heavy atom. The largest absolute Gasteiger partial charge is 0.478 e. The van der Waals surface area contributed by atoms with Crippen LogP contribution < -0.4 is 4.90 Å². The number of carboxylic acids is 1. The van der Waals surface area contributed by atoms with Gasteiger partial charge in [-0.1, -0.05) is 12.1 Å². The molecule has 1 N–H and O–H groups in total. The molecule has 20 heavy (non-hydrogen) atoms. The molecular formula is C14H11FN2O3. The van der Waals surface area contributed by atoms with Gasteiger partial charge in [0.15, 0.2) is 0 Å². The van der Waals surface area contributed by atoms with Crippen LogP contribution in [-0.4, -0.2) is 29.0 Å². The second-order valence-electron chi connectivity index (χ2n) is 4.03. The first kappa shape index (κ1) is 13.7. The van der Waals surface area contributed by atoms with E-state index >= 15 is 0 Å². The van der Waals surface area contributed by atoms with Gasteiger partial charge in [-0.15, -0.1) is 0 Å². The quantitative estimate of drug-likeness (QED) is 0.871. The van der Waals surface area contributed by atoms with Gasteiger partial charge in [0.05, 0.1) is 16.8 Å². The van der Waals surface area contributed by atoms with E-state index in [4.69, 9.17) is 5.11 Å². The van der Waals surface area contributed by atoms with Crippen LogP contribution in [0.3, 0.4) is 0 Å². The smallest absolute Gasteiger partial charge is 0.337 e. The second kappa shape index (κ2) is 5.48. The van der Waals surface area contributed by atoms with E-state index in [1.807, 2.05) is 0 Å². The number of hydrogen-bond donors (Lipinski definition) is 1. The summed E-state index contributed by atoms with van der Waals surface area (Å²) in [5, 5.41) is 9.10. The number of aromatic nitrogens is 1. The standard InChI is InChI=1S/C14H11FN2O3/c1-17(11-7-3-2-5-9(11)14(19)20)13(18)10-6-4-8-16-12(10)15/h2-8H,1H3,(H,19,20). The molecule has 1 aromatic heterocycles. The summed E-state index contributed by atoms with van der Waals surface area (Å²) in [5.74, 6) is -2.71. The third-order valence-corrected chi connectivity index (χ3v) is 2.79. The first-order chi connectivity index (χ1) is 9.52. The molecule has 0 spiro atoms. The van der Waals surface area contributed by atoms with Gasteiger partial charge >= 0.3 is 5.97 Å². The molecule has 0 unspecified atom stereocenters. The first-order valence-corrected chi connectivity index (χ1v) is 5.73. The average molecular weight is 274 g/mol. The van der Waals surface area contributed by atoms with Gasteiger partial charge in [-0.3, -0.25) is 4.79 Å². The molecule has 0 saturated heterocycles. The van der Waals surface area contributed by atoms with Crippen LogP contribution in [0.5, 0.6) is 0 Å².